The average molecular weight is 580 g/mol. The fraction of sp³-hybridized carbons (Fsp3) is 0.136. The molecule has 0 fully saturated rings. The van der Waals surface area contributed by atoms with Crippen LogP contribution in [0.3, 0.4) is 0 Å². The molecule has 8 rings (SSSR count). The second-order valence-electron chi connectivity index (χ2n) is 12.5. The van der Waals surface area contributed by atoms with Gasteiger partial charge < -0.3 is 4.90 Å². The van der Waals surface area contributed by atoms with E-state index in [0.29, 0.717) is 17.8 Å². The van der Waals surface area contributed by atoms with Crippen LogP contribution in [0.1, 0.15) is 42.7 Å². The molecular weight excluding hydrogens is 542 g/mol. The lowest BCUT2D eigenvalue weighted by Crippen LogP contribution is -2.14. The number of nitrogens with zero attached hydrogens (tertiary/aromatic N) is 1. The van der Waals surface area contributed by atoms with Crippen molar-refractivity contribution in [1.29, 1.82) is 0 Å². The third-order valence-electron chi connectivity index (χ3n) is 9.90. The van der Waals surface area contributed by atoms with E-state index in [0.717, 1.165) is 24.2 Å². The van der Waals surface area contributed by atoms with Crippen LogP contribution in [0.25, 0.3) is 32.3 Å². The van der Waals surface area contributed by atoms with Gasteiger partial charge in [-0.3, -0.25) is 0 Å². The predicted octanol–water partition coefficient (Wildman–Crippen LogP) is 12.5. The molecule has 1 heteroatoms. The number of benzene rings is 7. The van der Waals surface area contributed by atoms with Gasteiger partial charge in [-0.1, -0.05) is 140 Å². The Bertz CT molecular complexity index is 2090. The predicted molar refractivity (Wildman–Crippen MR) is 193 cm³/mol. The van der Waals surface area contributed by atoms with Crippen LogP contribution in [-0.2, 0) is 0 Å². The van der Waals surface area contributed by atoms with Crippen LogP contribution in [0.5, 0.6) is 0 Å². The van der Waals surface area contributed by atoms with E-state index in [2.05, 4.69) is 176 Å². The Hall–Kier alpha value is -5.14. The Balaban J connectivity index is 1.34. The minimum atomic E-state index is 0.391. The number of hydrogen-bond donors (Lipinski definition) is 0. The molecule has 0 aliphatic heterocycles. The van der Waals surface area contributed by atoms with E-state index in [-0.39, 0.29) is 0 Å². The third kappa shape index (κ3) is 4.99. The monoisotopic (exact) mass is 579 g/mol. The Labute approximate surface area is 266 Å². The number of hydrogen-bond acceptors (Lipinski definition) is 1. The molecule has 7 aromatic rings. The summed E-state index contributed by atoms with van der Waals surface area (Å²) in [6, 6.07) is 51.4. The van der Waals surface area contributed by atoms with Crippen molar-refractivity contribution >= 4 is 49.4 Å². The lowest BCUT2D eigenvalue weighted by molar-refractivity contribution is 0.460. The molecule has 0 saturated heterocycles. The number of rotatable bonds is 8. The summed E-state index contributed by atoms with van der Waals surface area (Å²) in [5.41, 5.74) is 6.39. The molecule has 3 atom stereocenters. The van der Waals surface area contributed by atoms with E-state index in [9.17, 15) is 0 Å². The SMILES string of the molecule is CC(c1ccccc1)C(CC1C=CC=CC1)c1ccc2ccc3c(N(c4ccccc4)c4ccccc4)ccc4ccc1c2c43. The highest BCUT2D eigenvalue weighted by Crippen LogP contribution is 2.47. The van der Waals surface area contributed by atoms with Crippen molar-refractivity contribution in [2.24, 2.45) is 5.92 Å². The zero-order chi connectivity index (χ0) is 30.2. The Morgan fingerprint density at radius 2 is 1.18 bits per heavy atom. The zero-order valence-electron chi connectivity index (χ0n) is 25.7. The zero-order valence-corrected chi connectivity index (χ0v) is 25.7. The molecular formula is C44H37N. The van der Waals surface area contributed by atoms with Gasteiger partial charge in [-0.05, 0) is 99.0 Å². The van der Waals surface area contributed by atoms with Crippen LogP contribution >= 0.6 is 0 Å². The van der Waals surface area contributed by atoms with Crippen molar-refractivity contribution in [1.82, 2.24) is 0 Å². The highest BCUT2D eigenvalue weighted by molar-refractivity contribution is 6.26. The van der Waals surface area contributed by atoms with Gasteiger partial charge in [-0.25, -0.2) is 0 Å². The minimum Gasteiger partial charge on any atom is -0.310 e. The van der Waals surface area contributed by atoms with Gasteiger partial charge in [0.05, 0.1) is 5.69 Å². The summed E-state index contributed by atoms with van der Waals surface area (Å²) < 4.78 is 0. The summed E-state index contributed by atoms with van der Waals surface area (Å²) >= 11 is 0. The van der Waals surface area contributed by atoms with Crippen LogP contribution in [-0.4, -0.2) is 0 Å². The lowest BCUT2D eigenvalue weighted by Gasteiger charge is -2.30. The van der Waals surface area contributed by atoms with Crippen molar-refractivity contribution in [2.45, 2.75) is 31.6 Å². The molecule has 7 aromatic carbocycles. The molecule has 0 bridgehead atoms. The highest BCUT2D eigenvalue weighted by atomic mass is 15.1. The first-order valence-corrected chi connectivity index (χ1v) is 16.2. The molecule has 0 spiro atoms. The first-order valence-electron chi connectivity index (χ1n) is 16.2. The van der Waals surface area contributed by atoms with E-state index in [4.69, 9.17) is 0 Å². The maximum absolute atomic E-state index is 2.43. The minimum absolute atomic E-state index is 0.391. The highest BCUT2D eigenvalue weighted by Gasteiger charge is 2.27. The normalized spacial score (nSPS) is 16.0. The molecule has 1 nitrogen and oxygen atoms in total. The molecule has 0 aromatic heterocycles. The van der Waals surface area contributed by atoms with Crippen molar-refractivity contribution in [2.75, 3.05) is 4.90 Å². The number of anilines is 3. The first-order chi connectivity index (χ1) is 22.3. The average Bonchev–Trinajstić information content (AvgIpc) is 3.12. The fourth-order valence-electron chi connectivity index (χ4n) is 7.63. The molecule has 0 N–H and O–H groups in total. The maximum Gasteiger partial charge on any atom is 0.0540 e. The molecule has 0 heterocycles. The van der Waals surface area contributed by atoms with Crippen LogP contribution in [0.2, 0.25) is 0 Å². The van der Waals surface area contributed by atoms with Gasteiger partial charge in [-0.2, -0.15) is 0 Å². The number of allylic oxidation sites excluding steroid dienone is 4. The quantitative estimate of drug-likeness (QED) is 0.162. The van der Waals surface area contributed by atoms with Crippen molar-refractivity contribution in [3.8, 4) is 0 Å². The molecule has 0 radical (unpaired) electrons. The van der Waals surface area contributed by atoms with Gasteiger partial charge in [0.15, 0.2) is 0 Å². The molecule has 0 saturated carbocycles. The van der Waals surface area contributed by atoms with E-state index in [1.165, 1.54) is 49.1 Å². The first kappa shape index (κ1) is 27.4. The molecule has 218 valence electrons. The lowest BCUT2D eigenvalue weighted by atomic mass is 9.74. The van der Waals surface area contributed by atoms with Crippen molar-refractivity contribution in [3.05, 3.63) is 175 Å². The third-order valence-corrected chi connectivity index (χ3v) is 9.90. The summed E-state index contributed by atoms with van der Waals surface area (Å²) in [5.74, 6) is 1.33. The summed E-state index contributed by atoms with van der Waals surface area (Å²) in [5, 5.41) is 8.00. The second-order valence-corrected chi connectivity index (χ2v) is 12.5. The molecule has 0 amide bonds. The largest absolute Gasteiger partial charge is 0.310 e. The van der Waals surface area contributed by atoms with Gasteiger partial charge in [0.2, 0.25) is 0 Å². The second kappa shape index (κ2) is 11.7. The van der Waals surface area contributed by atoms with Crippen molar-refractivity contribution < 1.29 is 0 Å². The molecule has 1 aliphatic rings. The van der Waals surface area contributed by atoms with Gasteiger partial charge >= 0.3 is 0 Å². The van der Waals surface area contributed by atoms with E-state index >= 15 is 0 Å². The smallest absolute Gasteiger partial charge is 0.0540 e. The Morgan fingerprint density at radius 1 is 0.600 bits per heavy atom. The standard InChI is InChI=1S/C44H37N/c1-31(33-16-8-3-9-17-33)41(30-32-14-6-2-7-15-32)38-26-22-34-24-28-40-42(29-25-35-23-27-39(38)43(34)44(35)40)45(36-18-10-4-11-19-36)37-20-12-5-13-21-37/h2-14,16-29,31-32,41H,15,30H2,1H3. The van der Waals surface area contributed by atoms with E-state index in [1.54, 1.807) is 0 Å². The molecule has 1 aliphatic carbocycles. The maximum atomic E-state index is 2.43. The summed E-state index contributed by atoms with van der Waals surface area (Å²) in [4.78, 5) is 2.40. The molecule has 3 unspecified atom stereocenters. The van der Waals surface area contributed by atoms with Gasteiger partial charge in [0.1, 0.15) is 0 Å². The Kier molecular flexibility index (Phi) is 7.16. The molecule has 45 heavy (non-hydrogen) atoms. The number of para-hydroxylation sites is 2. The van der Waals surface area contributed by atoms with E-state index < -0.39 is 0 Å². The summed E-state index contributed by atoms with van der Waals surface area (Å²) in [7, 11) is 0. The van der Waals surface area contributed by atoms with Crippen molar-refractivity contribution in [3.63, 3.8) is 0 Å². The van der Waals surface area contributed by atoms with E-state index in [1.807, 2.05) is 0 Å². The Morgan fingerprint density at radius 3 is 1.82 bits per heavy atom. The van der Waals surface area contributed by atoms with Gasteiger partial charge in [0.25, 0.3) is 0 Å². The topological polar surface area (TPSA) is 3.24 Å². The van der Waals surface area contributed by atoms with Crippen LogP contribution in [0.15, 0.2) is 164 Å². The van der Waals surface area contributed by atoms with Crippen LogP contribution in [0.4, 0.5) is 17.1 Å². The fourth-order valence-corrected chi connectivity index (χ4v) is 7.63. The van der Waals surface area contributed by atoms with Crippen LogP contribution < -0.4 is 4.90 Å². The summed E-state index contributed by atoms with van der Waals surface area (Å²) in [6.07, 6.45) is 11.4. The van der Waals surface area contributed by atoms with Gasteiger partial charge in [0, 0.05) is 16.8 Å². The van der Waals surface area contributed by atoms with Gasteiger partial charge in [-0.15, -0.1) is 0 Å². The van der Waals surface area contributed by atoms with Crippen LogP contribution in [0, 0.1) is 5.92 Å². The summed E-state index contributed by atoms with van der Waals surface area (Å²) in [6.45, 7) is 2.43.